The maximum Gasteiger partial charge on any atom is 0.435 e. The summed E-state index contributed by atoms with van der Waals surface area (Å²) < 4.78 is 36.6. The summed E-state index contributed by atoms with van der Waals surface area (Å²) in [6, 6.07) is 2.51. The molecule has 0 saturated carbocycles. The first kappa shape index (κ1) is 8.59. The fourth-order valence-corrected chi connectivity index (χ4v) is 0.673. The van der Waals surface area contributed by atoms with E-state index in [1.165, 1.54) is 0 Å². The minimum atomic E-state index is -4.43. The van der Waals surface area contributed by atoms with Gasteiger partial charge in [0.25, 0.3) is 0 Å². The Morgan fingerprint density at radius 3 is 2.67 bits per heavy atom. The van der Waals surface area contributed by atoms with Gasteiger partial charge in [0.05, 0.1) is 6.07 Å². The van der Waals surface area contributed by atoms with E-state index in [1.807, 2.05) is 0 Å². The quantitative estimate of drug-likeness (QED) is 0.647. The van der Waals surface area contributed by atoms with E-state index in [-0.39, 0.29) is 6.54 Å². The molecular weight excluding hydrogens is 171 g/mol. The molecule has 0 aliphatic heterocycles. The standard InChI is InChI=1S/C6H4F3N3/c7-6(8,9)5-1-3-12(11-5)4-2-10/h1,3H,4H2. The molecule has 0 aromatic carbocycles. The molecule has 0 N–H and O–H groups in total. The Kier molecular flexibility index (Phi) is 2.04. The van der Waals surface area contributed by atoms with Gasteiger partial charge in [-0.05, 0) is 6.07 Å². The SMILES string of the molecule is N#CCn1ccc(C(F)(F)F)n1. The summed E-state index contributed by atoms with van der Waals surface area (Å²) in [5.41, 5.74) is -0.974. The van der Waals surface area contributed by atoms with Crippen LogP contribution in [0.15, 0.2) is 12.3 Å². The molecular formula is C6H4F3N3. The van der Waals surface area contributed by atoms with Crippen LogP contribution in [0.2, 0.25) is 0 Å². The van der Waals surface area contributed by atoms with Crippen molar-refractivity contribution in [3.05, 3.63) is 18.0 Å². The lowest BCUT2D eigenvalue weighted by Crippen LogP contribution is -2.07. The number of nitrogens with zero attached hydrogens (tertiary/aromatic N) is 3. The van der Waals surface area contributed by atoms with Crippen LogP contribution in [0, 0.1) is 11.3 Å². The lowest BCUT2D eigenvalue weighted by atomic mass is 10.4. The number of rotatable bonds is 1. The van der Waals surface area contributed by atoms with Gasteiger partial charge in [0, 0.05) is 6.20 Å². The Labute approximate surface area is 66.0 Å². The van der Waals surface area contributed by atoms with Crippen molar-refractivity contribution in [2.75, 3.05) is 0 Å². The summed E-state index contributed by atoms with van der Waals surface area (Å²) in [6.45, 7) is -0.171. The summed E-state index contributed by atoms with van der Waals surface area (Å²) in [6.07, 6.45) is -3.31. The first-order valence-corrected chi connectivity index (χ1v) is 3.01. The maximum atomic E-state index is 11.9. The molecule has 0 spiro atoms. The monoisotopic (exact) mass is 175 g/mol. The van der Waals surface area contributed by atoms with Crippen molar-refractivity contribution in [2.24, 2.45) is 0 Å². The van der Waals surface area contributed by atoms with Crippen LogP contribution in [0.1, 0.15) is 5.69 Å². The molecule has 0 saturated heterocycles. The Balaban J connectivity index is 2.86. The summed E-state index contributed by atoms with van der Waals surface area (Å²) in [4.78, 5) is 0. The first-order valence-electron chi connectivity index (χ1n) is 3.01. The van der Waals surface area contributed by atoms with Crippen LogP contribution in [0.3, 0.4) is 0 Å². The molecule has 0 unspecified atom stereocenters. The molecule has 0 aliphatic carbocycles. The molecule has 6 heteroatoms. The van der Waals surface area contributed by atoms with Crippen molar-refractivity contribution >= 4 is 0 Å². The summed E-state index contributed by atoms with van der Waals surface area (Å²) in [5, 5.41) is 11.3. The largest absolute Gasteiger partial charge is 0.435 e. The van der Waals surface area contributed by atoms with Gasteiger partial charge in [-0.15, -0.1) is 0 Å². The summed E-state index contributed by atoms with van der Waals surface area (Å²) >= 11 is 0. The molecule has 1 aromatic heterocycles. The van der Waals surface area contributed by atoms with Crippen molar-refractivity contribution in [3.63, 3.8) is 0 Å². The molecule has 64 valence electrons. The number of halogens is 3. The molecule has 0 radical (unpaired) electrons. The third kappa shape index (κ3) is 1.75. The lowest BCUT2D eigenvalue weighted by Gasteiger charge is -1.99. The zero-order valence-electron chi connectivity index (χ0n) is 5.84. The number of aromatic nitrogens is 2. The molecule has 1 heterocycles. The topological polar surface area (TPSA) is 41.6 Å². The molecule has 12 heavy (non-hydrogen) atoms. The van der Waals surface area contributed by atoms with E-state index in [1.54, 1.807) is 6.07 Å². The van der Waals surface area contributed by atoms with Crippen LogP contribution in [0.5, 0.6) is 0 Å². The predicted molar refractivity (Wildman–Crippen MR) is 32.8 cm³/mol. The molecule has 0 amide bonds. The van der Waals surface area contributed by atoms with Gasteiger partial charge in [0.15, 0.2) is 5.69 Å². The molecule has 3 nitrogen and oxygen atoms in total. The highest BCUT2D eigenvalue weighted by molar-refractivity contribution is 5.03. The van der Waals surface area contributed by atoms with E-state index in [0.717, 1.165) is 16.9 Å². The Morgan fingerprint density at radius 1 is 1.58 bits per heavy atom. The third-order valence-electron chi connectivity index (χ3n) is 1.16. The van der Waals surface area contributed by atoms with Gasteiger partial charge < -0.3 is 0 Å². The van der Waals surface area contributed by atoms with Gasteiger partial charge in [-0.3, -0.25) is 4.68 Å². The molecule has 1 rings (SSSR count). The highest BCUT2D eigenvalue weighted by Crippen LogP contribution is 2.26. The van der Waals surface area contributed by atoms with E-state index in [9.17, 15) is 13.2 Å². The molecule has 0 atom stereocenters. The third-order valence-corrected chi connectivity index (χ3v) is 1.16. The highest BCUT2D eigenvalue weighted by Gasteiger charge is 2.33. The molecule has 0 aliphatic rings. The van der Waals surface area contributed by atoms with Gasteiger partial charge in [-0.1, -0.05) is 0 Å². The lowest BCUT2D eigenvalue weighted by molar-refractivity contribution is -0.141. The smallest absolute Gasteiger partial charge is 0.258 e. The Morgan fingerprint density at radius 2 is 2.25 bits per heavy atom. The summed E-state index contributed by atoms with van der Waals surface area (Å²) in [5.74, 6) is 0. The van der Waals surface area contributed by atoms with Gasteiger partial charge in [0.1, 0.15) is 6.54 Å². The normalized spacial score (nSPS) is 11.2. The van der Waals surface area contributed by atoms with Crippen molar-refractivity contribution in [3.8, 4) is 6.07 Å². The first-order chi connectivity index (χ1) is 5.54. The van der Waals surface area contributed by atoms with E-state index >= 15 is 0 Å². The average molecular weight is 175 g/mol. The van der Waals surface area contributed by atoms with Crippen LogP contribution < -0.4 is 0 Å². The molecule has 0 bridgehead atoms. The second-order valence-electron chi connectivity index (χ2n) is 2.05. The molecule has 1 aromatic rings. The number of hydrogen-bond acceptors (Lipinski definition) is 2. The van der Waals surface area contributed by atoms with Crippen LogP contribution in [-0.2, 0) is 12.7 Å². The average Bonchev–Trinajstić information content (AvgIpc) is 2.35. The minimum Gasteiger partial charge on any atom is -0.258 e. The zero-order chi connectivity index (χ0) is 9.19. The fourth-order valence-electron chi connectivity index (χ4n) is 0.673. The second kappa shape index (κ2) is 2.85. The zero-order valence-corrected chi connectivity index (χ0v) is 5.84. The van der Waals surface area contributed by atoms with Gasteiger partial charge in [0.2, 0.25) is 0 Å². The minimum absolute atomic E-state index is 0.171. The van der Waals surface area contributed by atoms with E-state index in [4.69, 9.17) is 5.26 Å². The number of alkyl halides is 3. The fraction of sp³-hybridized carbons (Fsp3) is 0.333. The van der Waals surface area contributed by atoms with Gasteiger partial charge >= 0.3 is 6.18 Å². The van der Waals surface area contributed by atoms with E-state index in [0.29, 0.717) is 0 Å². The van der Waals surface area contributed by atoms with E-state index in [2.05, 4.69) is 5.10 Å². The Hall–Kier alpha value is -1.51. The highest BCUT2D eigenvalue weighted by atomic mass is 19.4. The molecule has 0 fully saturated rings. The van der Waals surface area contributed by atoms with Crippen molar-refractivity contribution in [1.82, 2.24) is 9.78 Å². The number of hydrogen-bond donors (Lipinski definition) is 0. The number of nitriles is 1. The van der Waals surface area contributed by atoms with Crippen LogP contribution in [0.4, 0.5) is 13.2 Å². The van der Waals surface area contributed by atoms with Crippen LogP contribution in [-0.4, -0.2) is 9.78 Å². The Bertz CT molecular complexity index is 307. The van der Waals surface area contributed by atoms with Crippen molar-refractivity contribution in [2.45, 2.75) is 12.7 Å². The second-order valence-corrected chi connectivity index (χ2v) is 2.05. The van der Waals surface area contributed by atoms with Gasteiger partial charge in [-0.2, -0.15) is 23.5 Å². The van der Waals surface area contributed by atoms with Crippen molar-refractivity contribution in [1.29, 1.82) is 5.26 Å². The van der Waals surface area contributed by atoms with Crippen molar-refractivity contribution < 1.29 is 13.2 Å². The van der Waals surface area contributed by atoms with Crippen LogP contribution in [0.25, 0.3) is 0 Å². The summed E-state index contributed by atoms with van der Waals surface area (Å²) in [7, 11) is 0. The predicted octanol–water partition coefficient (Wildman–Crippen LogP) is 1.43. The van der Waals surface area contributed by atoms with Crippen LogP contribution >= 0.6 is 0 Å². The van der Waals surface area contributed by atoms with Gasteiger partial charge in [-0.25, -0.2) is 0 Å². The van der Waals surface area contributed by atoms with E-state index < -0.39 is 11.9 Å². The maximum absolute atomic E-state index is 11.9.